The van der Waals surface area contributed by atoms with Crippen LogP contribution in [0.4, 0.5) is 4.39 Å². The Hall–Kier alpha value is -2.01. The maximum absolute atomic E-state index is 12.9. The molecule has 2 aromatic carbocycles. The van der Waals surface area contributed by atoms with Crippen LogP contribution in [0.1, 0.15) is 31.2 Å². The lowest BCUT2D eigenvalue weighted by Crippen LogP contribution is -2.28. The van der Waals surface area contributed by atoms with Crippen LogP contribution >= 0.6 is 11.8 Å². The molecule has 1 heterocycles. The van der Waals surface area contributed by atoms with Crippen molar-refractivity contribution in [1.82, 2.24) is 0 Å². The maximum atomic E-state index is 12.9. The molecule has 1 aliphatic rings. The molecule has 3 nitrogen and oxygen atoms in total. The first-order valence-electron chi connectivity index (χ1n) is 7.97. The lowest BCUT2D eigenvalue weighted by atomic mass is 9.89. The number of hydrogen-bond acceptors (Lipinski definition) is 3. The van der Waals surface area contributed by atoms with Crippen molar-refractivity contribution >= 4 is 17.7 Å². The molecule has 0 bridgehead atoms. The SMILES string of the molecule is O=C(O)CC1(c2ccc(Oc3ccc(F)cc3)cc2)CCCCS1. The second-order valence-electron chi connectivity index (χ2n) is 5.95. The van der Waals surface area contributed by atoms with E-state index in [2.05, 4.69) is 0 Å². The fourth-order valence-electron chi connectivity index (χ4n) is 3.03. The van der Waals surface area contributed by atoms with E-state index in [-0.39, 0.29) is 17.0 Å². The van der Waals surface area contributed by atoms with E-state index >= 15 is 0 Å². The summed E-state index contributed by atoms with van der Waals surface area (Å²) >= 11 is 1.74. The third-order valence-corrected chi connectivity index (χ3v) is 5.85. The molecule has 1 aliphatic heterocycles. The van der Waals surface area contributed by atoms with Gasteiger partial charge < -0.3 is 9.84 Å². The Kier molecular flexibility index (Phi) is 5.09. The second kappa shape index (κ2) is 7.26. The van der Waals surface area contributed by atoms with E-state index in [1.54, 1.807) is 23.9 Å². The van der Waals surface area contributed by atoms with Crippen molar-refractivity contribution in [3.63, 3.8) is 0 Å². The van der Waals surface area contributed by atoms with E-state index in [1.165, 1.54) is 12.1 Å². The first kappa shape index (κ1) is 16.8. The molecule has 1 N–H and O–H groups in total. The average Bonchev–Trinajstić information content (AvgIpc) is 2.58. The lowest BCUT2D eigenvalue weighted by molar-refractivity contribution is -0.137. The molecule has 126 valence electrons. The summed E-state index contributed by atoms with van der Waals surface area (Å²) in [7, 11) is 0. The number of halogens is 1. The normalized spacial score (nSPS) is 20.5. The Morgan fingerprint density at radius 1 is 1.08 bits per heavy atom. The summed E-state index contributed by atoms with van der Waals surface area (Å²) in [5, 5.41) is 9.30. The number of carboxylic acids is 1. The third-order valence-electron chi connectivity index (χ3n) is 4.22. The molecular weight excluding hydrogens is 327 g/mol. The minimum absolute atomic E-state index is 0.135. The molecule has 5 heteroatoms. The van der Waals surface area contributed by atoms with Gasteiger partial charge in [-0.15, -0.1) is 11.8 Å². The molecule has 0 aromatic heterocycles. The van der Waals surface area contributed by atoms with Gasteiger partial charge in [0, 0.05) is 0 Å². The molecule has 0 aliphatic carbocycles. The zero-order chi connectivity index (χ0) is 17.0. The van der Waals surface area contributed by atoms with Crippen molar-refractivity contribution in [1.29, 1.82) is 0 Å². The fourth-order valence-corrected chi connectivity index (χ4v) is 4.59. The van der Waals surface area contributed by atoms with Gasteiger partial charge in [-0.1, -0.05) is 18.6 Å². The van der Waals surface area contributed by atoms with E-state index in [9.17, 15) is 14.3 Å². The number of rotatable bonds is 5. The Balaban J connectivity index is 1.79. The average molecular weight is 346 g/mol. The standard InChI is InChI=1S/C19H19FO3S/c20-15-5-9-17(10-6-15)23-16-7-3-14(4-8-16)19(13-18(21)22)11-1-2-12-24-19/h3-10H,1-2,11-13H2,(H,21,22). The molecule has 1 unspecified atom stereocenters. The lowest BCUT2D eigenvalue weighted by Gasteiger charge is -2.36. The fraction of sp³-hybridized carbons (Fsp3) is 0.316. The number of ether oxygens (including phenoxy) is 1. The summed E-state index contributed by atoms with van der Waals surface area (Å²) in [6.07, 6.45) is 3.20. The van der Waals surface area contributed by atoms with Crippen LogP contribution in [0.25, 0.3) is 0 Å². The van der Waals surface area contributed by atoms with Crippen molar-refractivity contribution in [2.45, 2.75) is 30.4 Å². The Morgan fingerprint density at radius 3 is 2.25 bits per heavy atom. The molecule has 24 heavy (non-hydrogen) atoms. The van der Waals surface area contributed by atoms with Crippen LogP contribution in [0.2, 0.25) is 0 Å². The van der Waals surface area contributed by atoms with Crippen LogP contribution in [0.5, 0.6) is 11.5 Å². The van der Waals surface area contributed by atoms with Gasteiger partial charge >= 0.3 is 5.97 Å². The van der Waals surface area contributed by atoms with Gasteiger partial charge in [0.15, 0.2) is 0 Å². The van der Waals surface area contributed by atoms with Gasteiger partial charge in [0.1, 0.15) is 17.3 Å². The van der Waals surface area contributed by atoms with Crippen LogP contribution in [-0.2, 0) is 9.54 Å². The monoisotopic (exact) mass is 346 g/mol. The number of carbonyl (C=O) groups is 1. The van der Waals surface area contributed by atoms with Crippen molar-refractivity contribution in [3.8, 4) is 11.5 Å². The molecule has 1 atom stereocenters. The van der Waals surface area contributed by atoms with Crippen molar-refractivity contribution < 1.29 is 19.0 Å². The quantitative estimate of drug-likeness (QED) is 0.808. The van der Waals surface area contributed by atoms with E-state index in [1.807, 2.05) is 24.3 Å². The van der Waals surface area contributed by atoms with Gasteiger partial charge in [0.05, 0.1) is 11.2 Å². The number of benzene rings is 2. The van der Waals surface area contributed by atoms with Crippen LogP contribution < -0.4 is 4.74 Å². The molecular formula is C19H19FO3S. The Labute approximate surface area is 144 Å². The predicted octanol–water partition coefficient (Wildman–Crippen LogP) is 5.21. The van der Waals surface area contributed by atoms with E-state index in [4.69, 9.17) is 4.74 Å². The summed E-state index contributed by atoms with van der Waals surface area (Å²) < 4.78 is 18.3. The van der Waals surface area contributed by atoms with Crippen molar-refractivity contribution in [3.05, 3.63) is 59.9 Å². The Morgan fingerprint density at radius 2 is 1.71 bits per heavy atom. The summed E-state index contributed by atoms with van der Waals surface area (Å²) in [5.41, 5.74) is 1.03. The van der Waals surface area contributed by atoms with Gasteiger partial charge in [0.25, 0.3) is 0 Å². The van der Waals surface area contributed by atoms with Crippen LogP contribution in [-0.4, -0.2) is 16.8 Å². The van der Waals surface area contributed by atoms with Crippen LogP contribution in [0.15, 0.2) is 48.5 Å². The first-order valence-corrected chi connectivity index (χ1v) is 8.96. The number of thioether (sulfide) groups is 1. The highest BCUT2D eigenvalue weighted by Gasteiger charge is 2.36. The van der Waals surface area contributed by atoms with Gasteiger partial charge in [0.2, 0.25) is 0 Å². The van der Waals surface area contributed by atoms with Crippen molar-refractivity contribution in [2.75, 3.05) is 5.75 Å². The van der Waals surface area contributed by atoms with Crippen LogP contribution in [0, 0.1) is 5.82 Å². The minimum atomic E-state index is -0.768. The topological polar surface area (TPSA) is 46.5 Å². The van der Waals surface area contributed by atoms with E-state index < -0.39 is 5.97 Å². The molecule has 1 saturated heterocycles. The summed E-state index contributed by atoms with van der Waals surface area (Å²) in [6.45, 7) is 0. The Bertz CT molecular complexity index is 692. The minimum Gasteiger partial charge on any atom is -0.481 e. The molecule has 3 rings (SSSR count). The molecule has 0 amide bonds. The number of carboxylic acid groups (broad SMARTS) is 1. The molecule has 0 saturated carbocycles. The first-order chi connectivity index (χ1) is 11.6. The molecule has 0 spiro atoms. The van der Waals surface area contributed by atoms with Gasteiger partial charge in [-0.3, -0.25) is 4.79 Å². The largest absolute Gasteiger partial charge is 0.481 e. The summed E-state index contributed by atoms with van der Waals surface area (Å²) in [6, 6.07) is 13.4. The highest BCUT2D eigenvalue weighted by atomic mass is 32.2. The van der Waals surface area contributed by atoms with Crippen molar-refractivity contribution in [2.24, 2.45) is 0 Å². The van der Waals surface area contributed by atoms with Gasteiger partial charge in [-0.25, -0.2) is 4.39 Å². The number of aliphatic carboxylic acids is 1. The zero-order valence-electron chi connectivity index (χ0n) is 13.2. The zero-order valence-corrected chi connectivity index (χ0v) is 14.0. The highest BCUT2D eigenvalue weighted by Crippen LogP contribution is 2.48. The third kappa shape index (κ3) is 3.90. The maximum Gasteiger partial charge on any atom is 0.305 e. The second-order valence-corrected chi connectivity index (χ2v) is 7.43. The van der Waals surface area contributed by atoms with Crippen LogP contribution in [0.3, 0.4) is 0 Å². The highest BCUT2D eigenvalue weighted by molar-refractivity contribution is 8.00. The molecule has 1 fully saturated rings. The van der Waals surface area contributed by atoms with Gasteiger partial charge in [-0.2, -0.15) is 0 Å². The van der Waals surface area contributed by atoms with E-state index in [0.717, 1.165) is 30.6 Å². The van der Waals surface area contributed by atoms with Gasteiger partial charge in [-0.05, 0) is 60.6 Å². The summed E-state index contributed by atoms with van der Waals surface area (Å²) in [4.78, 5) is 11.3. The smallest absolute Gasteiger partial charge is 0.305 e. The summed E-state index contributed by atoms with van der Waals surface area (Å²) in [5.74, 6) is 1.13. The predicted molar refractivity (Wildman–Crippen MR) is 93.2 cm³/mol. The van der Waals surface area contributed by atoms with E-state index in [0.29, 0.717) is 11.5 Å². The molecule has 0 radical (unpaired) electrons. The molecule has 2 aromatic rings. The number of hydrogen-bond donors (Lipinski definition) is 1.